The van der Waals surface area contributed by atoms with E-state index in [4.69, 9.17) is 10.8 Å². The lowest BCUT2D eigenvalue weighted by atomic mass is 9.93. The van der Waals surface area contributed by atoms with Gasteiger partial charge in [-0.15, -0.1) is 11.3 Å². The van der Waals surface area contributed by atoms with Crippen molar-refractivity contribution in [2.75, 3.05) is 6.54 Å². The molecule has 6 heteroatoms. The van der Waals surface area contributed by atoms with Gasteiger partial charge >= 0.3 is 5.97 Å². The minimum atomic E-state index is -0.945. The summed E-state index contributed by atoms with van der Waals surface area (Å²) in [5.41, 5.74) is 5.41. The third-order valence-corrected chi connectivity index (χ3v) is 4.88. The number of aliphatic carboxylic acids is 1. The molecule has 0 saturated carbocycles. The highest BCUT2D eigenvalue weighted by atomic mass is 32.1. The number of thiophene rings is 1. The summed E-state index contributed by atoms with van der Waals surface area (Å²) in [7, 11) is 0. The van der Waals surface area contributed by atoms with Crippen LogP contribution < -0.4 is 5.73 Å². The number of amides is 1. The summed E-state index contributed by atoms with van der Waals surface area (Å²) in [5.74, 6) is -1.23. The second-order valence-corrected chi connectivity index (χ2v) is 6.63. The average molecular weight is 308 g/mol. The number of carboxylic acid groups (broad SMARTS) is 1. The molecular weight excluding hydrogens is 288 g/mol. The lowest BCUT2D eigenvalue weighted by Crippen LogP contribution is -2.45. The van der Waals surface area contributed by atoms with Crippen LogP contribution in [0.1, 0.15) is 29.5 Å². The van der Waals surface area contributed by atoms with Crippen LogP contribution in [0.25, 0.3) is 6.08 Å². The highest BCUT2D eigenvalue weighted by molar-refractivity contribution is 7.12. The Morgan fingerprint density at radius 1 is 1.48 bits per heavy atom. The number of carboxylic acids is 1. The van der Waals surface area contributed by atoms with E-state index < -0.39 is 5.97 Å². The van der Waals surface area contributed by atoms with Gasteiger partial charge in [0.05, 0.1) is 5.92 Å². The normalized spacial score (nSPS) is 23.5. The molecule has 1 saturated heterocycles. The smallest absolute Gasteiger partial charge is 0.328 e. The van der Waals surface area contributed by atoms with Gasteiger partial charge in [-0.05, 0) is 38.0 Å². The molecule has 21 heavy (non-hydrogen) atoms. The lowest BCUT2D eigenvalue weighted by molar-refractivity contribution is -0.131. The van der Waals surface area contributed by atoms with Gasteiger partial charge in [0.15, 0.2) is 0 Å². The molecule has 0 spiro atoms. The van der Waals surface area contributed by atoms with E-state index in [2.05, 4.69) is 11.8 Å². The molecule has 2 unspecified atom stereocenters. The highest BCUT2D eigenvalue weighted by Gasteiger charge is 2.28. The summed E-state index contributed by atoms with van der Waals surface area (Å²) in [5, 5.41) is 8.62. The Bertz CT molecular complexity index is 553. The first kappa shape index (κ1) is 15.7. The number of primary amides is 1. The Kier molecular flexibility index (Phi) is 5.14. The number of nitrogens with two attached hydrogens (primary N) is 1. The first-order valence-electron chi connectivity index (χ1n) is 6.99. The van der Waals surface area contributed by atoms with Crippen LogP contribution in [0.15, 0.2) is 18.2 Å². The van der Waals surface area contributed by atoms with Crippen molar-refractivity contribution in [1.29, 1.82) is 0 Å². The zero-order valence-corrected chi connectivity index (χ0v) is 12.8. The molecule has 1 aliphatic heterocycles. The summed E-state index contributed by atoms with van der Waals surface area (Å²) in [6, 6.07) is 4.35. The van der Waals surface area contributed by atoms with E-state index in [0.29, 0.717) is 12.6 Å². The number of rotatable bonds is 5. The molecule has 1 amide bonds. The first-order chi connectivity index (χ1) is 9.95. The molecular formula is C15H20N2O3S. The van der Waals surface area contributed by atoms with Crippen molar-refractivity contribution in [3.63, 3.8) is 0 Å². The summed E-state index contributed by atoms with van der Waals surface area (Å²) >= 11 is 1.57. The maximum absolute atomic E-state index is 11.3. The van der Waals surface area contributed by atoms with E-state index in [0.717, 1.165) is 35.2 Å². The van der Waals surface area contributed by atoms with Crippen molar-refractivity contribution >= 4 is 29.3 Å². The number of nitrogens with zero attached hydrogens (tertiary/aromatic N) is 1. The maximum atomic E-state index is 11.3. The fourth-order valence-corrected chi connectivity index (χ4v) is 3.50. The van der Waals surface area contributed by atoms with Crippen molar-refractivity contribution in [3.05, 3.63) is 28.0 Å². The number of carbonyl (C=O) groups excluding carboxylic acids is 1. The summed E-state index contributed by atoms with van der Waals surface area (Å²) < 4.78 is 0. The van der Waals surface area contributed by atoms with Crippen molar-refractivity contribution in [3.8, 4) is 0 Å². The Morgan fingerprint density at radius 2 is 2.24 bits per heavy atom. The topological polar surface area (TPSA) is 83.6 Å². The second kappa shape index (κ2) is 6.87. The molecule has 2 rings (SSSR count). The first-order valence-corrected chi connectivity index (χ1v) is 7.80. The molecule has 5 nitrogen and oxygen atoms in total. The van der Waals surface area contributed by atoms with Gasteiger partial charge in [0, 0.05) is 35.0 Å². The Balaban J connectivity index is 2.00. The molecule has 1 fully saturated rings. The molecule has 0 aromatic carbocycles. The Labute approximate surface area is 128 Å². The van der Waals surface area contributed by atoms with Gasteiger partial charge in [-0.2, -0.15) is 0 Å². The van der Waals surface area contributed by atoms with Crippen LogP contribution in [-0.4, -0.2) is 34.5 Å². The maximum Gasteiger partial charge on any atom is 0.328 e. The van der Waals surface area contributed by atoms with Crippen molar-refractivity contribution < 1.29 is 14.7 Å². The predicted molar refractivity (Wildman–Crippen MR) is 82.8 cm³/mol. The number of likely N-dealkylation sites (tertiary alicyclic amines) is 1. The SMILES string of the molecule is CC1CCC(C(N)=O)CN1Cc1ccc(C=CC(=O)O)s1. The van der Waals surface area contributed by atoms with Crippen LogP contribution >= 0.6 is 11.3 Å². The van der Waals surface area contributed by atoms with Crippen molar-refractivity contribution in [2.45, 2.75) is 32.4 Å². The fraction of sp³-hybridized carbons (Fsp3) is 0.467. The van der Waals surface area contributed by atoms with Crippen LogP contribution in [0.4, 0.5) is 0 Å². The standard InChI is InChI=1S/C15H20N2O3S/c1-10-2-3-11(15(16)20)8-17(10)9-13-5-4-12(21-13)6-7-14(18)19/h4-7,10-11H,2-3,8-9H2,1H3,(H2,16,20)(H,18,19). The number of hydrogen-bond donors (Lipinski definition) is 2. The third-order valence-electron chi connectivity index (χ3n) is 3.85. The van der Waals surface area contributed by atoms with Gasteiger partial charge < -0.3 is 10.8 Å². The van der Waals surface area contributed by atoms with E-state index in [1.54, 1.807) is 17.4 Å². The van der Waals surface area contributed by atoms with Crippen LogP contribution in [0, 0.1) is 5.92 Å². The molecule has 2 atom stereocenters. The molecule has 0 radical (unpaired) electrons. The van der Waals surface area contributed by atoms with E-state index in [1.165, 1.54) is 0 Å². The molecule has 3 N–H and O–H groups in total. The lowest BCUT2D eigenvalue weighted by Gasteiger charge is -2.36. The van der Waals surface area contributed by atoms with Crippen molar-refractivity contribution in [2.24, 2.45) is 11.7 Å². The van der Waals surface area contributed by atoms with Gasteiger partial charge in [0.25, 0.3) is 0 Å². The zero-order chi connectivity index (χ0) is 15.4. The molecule has 2 heterocycles. The van der Waals surface area contributed by atoms with Crippen LogP contribution in [-0.2, 0) is 16.1 Å². The summed E-state index contributed by atoms with van der Waals surface area (Å²) in [6.45, 7) is 3.64. The van der Waals surface area contributed by atoms with Gasteiger partial charge in [-0.3, -0.25) is 9.69 Å². The molecule has 0 bridgehead atoms. The quantitative estimate of drug-likeness (QED) is 0.814. The van der Waals surface area contributed by atoms with Gasteiger partial charge in [0.1, 0.15) is 0 Å². The van der Waals surface area contributed by atoms with Crippen molar-refractivity contribution in [1.82, 2.24) is 4.90 Å². The largest absolute Gasteiger partial charge is 0.478 e. The number of hydrogen-bond acceptors (Lipinski definition) is 4. The molecule has 0 aliphatic carbocycles. The minimum absolute atomic E-state index is 0.0625. The Morgan fingerprint density at radius 3 is 2.90 bits per heavy atom. The van der Waals surface area contributed by atoms with Crippen LogP contribution in [0.3, 0.4) is 0 Å². The molecule has 114 valence electrons. The van der Waals surface area contributed by atoms with Gasteiger partial charge in [-0.1, -0.05) is 0 Å². The monoisotopic (exact) mass is 308 g/mol. The molecule has 1 aromatic rings. The Hall–Kier alpha value is -1.66. The zero-order valence-electron chi connectivity index (χ0n) is 12.0. The molecule has 1 aromatic heterocycles. The number of piperidine rings is 1. The van der Waals surface area contributed by atoms with E-state index in [1.807, 2.05) is 12.1 Å². The predicted octanol–water partition coefficient (Wildman–Crippen LogP) is 1.93. The summed E-state index contributed by atoms with van der Waals surface area (Å²) in [4.78, 5) is 26.2. The molecule has 1 aliphatic rings. The average Bonchev–Trinajstić information content (AvgIpc) is 2.86. The van der Waals surface area contributed by atoms with E-state index in [-0.39, 0.29) is 11.8 Å². The van der Waals surface area contributed by atoms with Gasteiger partial charge in [0.2, 0.25) is 5.91 Å². The second-order valence-electron chi connectivity index (χ2n) is 5.43. The highest BCUT2D eigenvalue weighted by Crippen LogP contribution is 2.26. The van der Waals surface area contributed by atoms with E-state index in [9.17, 15) is 9.59 Å². The minimum Gasteiger partial charge on any atom is -0.478 e. The third kappa shape index (κ3) is 4.41. The van der Waals surface area contributed by atoms with E-state index >= 15 is 0 Å². The van der Waals surface area contributed by atoms with Gasteiger partial charge in [-0.25, -0.2) is 4.79 Å². The van der Waals surface area contributed by atoms with Crippen LogP contribution in [0.2, 0.25) is 0 Å². The number of carbonyl (C=O) groups is 2. The van der Waals surface area contributed by atoms with Crippen LogP contribution in [0.5, 0.6) is 0 Å². The fourth-order valence-electron chi connectivity index (χ4n) is 2.55. The summed E-state index contributed by atoms with van der Waals surface area (Å²) in [6.07, 6.45) is 4.58.